The molecule has 2 heterocycles. The van der Waals surface area contributed by atoms with Gasteiger partial charge in [-0.05, 0) is 60.2 Å². The van der Waals surface area contributed by atoms with Crippen LogP contribution in [0.1, 0.15) is 64.6 Å². The molecule has 1 aromatic heterocycles. The lowest BCUT2D eigenvalue weighted by Crippen LogP contribution is -2.52. The van der Waals surface area contributed by atoms with Crippen molar-refractivity contribution in [2.45, 2.75) is 51.6 Å². The van der Waals surface area contributed by atoms with Crippen molar-refractivity contribution in [1.82, 2.24) is 10.2 Å². The average molecular weight is 397 g/mol. The topological polar surface area (TPSA) is 49.4 Å². The van der Waals surface area contributed by atoms with Gasteiger partial charge in [-0.1, -0.05) is 38.0 Å². The van der Waals surface area contributed by atoms with Gasteiger partial charge in [-0.3, -0.25) is 9.59 Å². The van der Waals surface area contributed by atoms with Crippen LogP contribution < -0.4 is 5.32 Å². The van der Waals surface area contributed by atoms with Gasteiger partial charge in [0.15, 0.2) is 0 Å². The van der Waals surface area contributed by atoms with Gasteiger partial charge in [0.2, 0.25) is 0 Å². The number of piperidine rings is 1. The summed E-state index contributed by atoms with van der Waals surface area (Å²) in [6.45, 7) is 3.70. The molecule has 28 heavy (non-hydrogen) atoms. The van der Waals surface area contributed by atoms with Crippen molar-refractivity contribution >= 4 is 23.2 Å². The lowest BCUT2D eigenvalue weighted by molar-refractivity contribution is 0.0217. The summed E-state index contributed by atoms with van der Waals surface area (Å²) in [4.78, 5) is 28.1. The van der Waals surface area contributed by atoms with E-state index in [0.29, 0.717) is 23.4 Å². The smallest absolute Gasteiger partial charge is 0.261 e. The van der Waals surface area contributed by atoms with Gasteiger partial charge in [0.25, 0.3) is 11.8 Å². The molecule has 0 radical (unpaired) electrons. The van der Waals surface area contributed by atoms with Gasteiger partial charge in [0.1, 0.15) is 0 Å². The highest BCUT2D eigenvalue weighted by Gasteiger charge is 2.39. The number of carbonyl (C=O) groups is 2. The Labute approximate surface area is 170 Å². The summed E-state index contributed by atoms with van der Waals surface area (Å²) in [5, 5.41) is 4.83. The molecule has 4 rings (SSSR count). The van der Waals surface area contributed by atoms with Gasteiger partial charge in [0, 0.05) is 24.7 Å². The van der Waals surface area contributed by atoms with Crippen molar-refractivity contribution in [2.24, 2.45) is 11.8 Å². The number of hydrogen-bond donors (Lipinski definition) is 1. The number of amides is 2. The van der Waals surface area contributed by atoms with E-state index in [-0.39, 0.29) is 11.8 Å². The summed E-state index contributed by atoms with van der Waals surface area (Å²) < 4.78 is 0. The van der Waals surface area contributed by atoms with Crippen molar-refractivity contribution in [3.8, 4) is 0 Å². The highest BCUT2D eigenvalue weighted by molar-refractivity contribution is 7.12. The molecule has 2 aromatic rings. The number of fused-ring (bicyclic) bond motifs is 1. The molecule has 4 nitrogen and oxygen atoms in total. The Morgan fingerprint density at radius 3 is 2.64 bits per heavy atom. The molecule has 2 aliphatic rings. The van der Waals surface area contributed by atoms with E-state index in [4.69, 9.17) is 0 Å². The van der Waals surface area contributed by atoms with Crippen LogP contribution in [-0.2, 0) is 6.54 Å². The summed E-state index contributed by atoms with van der Waals surface area (Å²) in [6.07, 6.45) is 6.06. The minimum absolute atomic E-state index is 0.0547. The molecule has 5 heteroatoms. The Hall–Kier alpha value is -2.14. The monoisotopic (exact) mass is 396 g/mol. The molecular formula is C23H28N2O2S. The van der Waals surface area contributed by atoms with Crippen molar-refractivity contribution in [3.63, 3.8) is 0 Å². The third-order valence-corrected chi connectivity index (χ3v) is 7.27. The van der Waals surface area contributed by atoms with Gasteiger partial charge in [-0.15, -0.1) is 11.3 Å². The number of nitrogens with one attached hydrogen (secondary N) is 1. The summed E-state index contributed by atoms with van der Waals surface area (Å²) in [5.41, 5.74) is 1.76. The maximum atomic E-state index is 13.2. The van der Waals surface area contributed by atoms with Gasteiger partial charge in [-0.2, -0.15) is 0 Å². The van der Waals surface area contributed by atoms with E-state index in [1.54, 1.807) is 0 Å². The van der Waals surface area contributed by atoms with E-state index in [0.717, 1.165) is 36.4 Å². The van der Waals surface area contributed by atoms with Crippen molar-refractivity contribution in [2.75, 3.05) is 6.54 Å². The van der Waals surface area contributed by atoms with Crippen LogP contribution in [0, 0.1) is 11.8 Å². The second-order valence-corrected chi connectivity index (χ2v) is 9.08. The SMILES string of the molecule is C[C@@H]1CCN(C(=O)c2ccc(CNC(=O)c3cccs3)cc2)[C@@H]2CCCC[C@H]12. The number of carbonyl (C=O) groups excluding carboxylic acids is 2. The van der Waals surface area contributed by atoms with E-state index in [1.807, 2.05) is 41.8 Å². The molecule has 0 spiro atoms. The molecule has 1 aliphatic heterocycles. The molecular weight excluding hydrogens is 368 g/mol. The second-order valence-electron chi connectivity index (χ2n) is 8.14. The van der Waals surface area contributed by atoms with E-state index in [1.165, 1.54) is 30.6 Å². The Morgan fingerprint density at radius 2 is 1.89 bits per heavy atom. The van der Waals surface area contributed by atoms with Crippen LogP contribution in [0.2, 0.25) is 0 Å². The van der Waals surface area contributed by atoms with Crippen molar-refractivity contribution < 1.29 is 9.59 Å². The summed E-state index contributed by atoms with van der Waals surface area (Å²) >= 11 is 1.44. The number of hydrogen-bond acceptors (Lipinski definition) is 3. The number of likely N-dealkylation sites (tertiary alicyclic amines) is 1. The van der Waals surface area contributed by atoms with Crippen molar-refractivity contribution in [1.29, 1.82) is 0 Å². The van der Waals surface area contributed by atoms with Crippen LogP contribution in [0.15, 0.2) is 41.8 Å². The highest BCUT2D eigenvalue weighted by atomic mass is 32.1. The molecule has 1 aliphatic carbocycles. The standard InChI is InChI=1S/C23H28N2O2S/c1-16-12-13-25(20-6-3-2-5-19(16)20)23(27)18-10-8-17(9-11-18)15-24-22(26)21-7-4-14-28-21/h4,7-11,14,16,19-20H,2-3,5-6,12-13,15H2,1H3,(H,24,26)/t16-,19-,20-/m1/s1. The van der Waals surface area contributed by atoms with E-state index < -0.39 is 0 Å². The maximum Gasteiger partial charge on any atom is 0.261 e. The second kappa shape index (κ2) is 8.48. The first kappa shape index (κ1) is 19.2. The van der Waals surface area contributed by atoms with Crippen LogP contribution in [0.3, 0.4) is 0 Å². The number of rotatable bonds is 4. The fourth-order valence-electron chi connectivity index (χ4n) is 4.77. The van der Waals surface area contributed by atoms with Gasteiger partial charge in [0.05, 0.1) is 4.88 Å². The van der Waals surface area contributed by atoms with E-state index in [9.17, 15) is 9.59 Å². The number of thiophene rings is 1. The normalized spacial score (nSPS) is 24.5. The van der Waals surface area contributed by atoms with Gasteiger partial charge in [-0.25, -0.2) is 0 Å². The van der Waals surface area contributed by atoms with Crippen LogP contribution >= 0.6 is 11.3 Å². The Morgan fingerprint density at radius 1 is 1.11 bits per heavy atom. The first-order valence-electron chi connectivity index (χ1n) is 10.3. The lowest BCUT2D eigenvalue weighted by atomic mass is 9.72. The van der Waals surface area contributed by atoms with Crippen LogP contribution in [0.25, 0.3) is 0 Å². The zero-order valence-corrected chi connectivity index (χ0v) is 17.2. The van der Waals surface area contributed by atoms with E-state index >= 15 is 0 Å². The minimum atomic E-state index is -0.0547. The molecule has 2 amide bonds. The van der Waals surface area contributed by atoms with Gasteiger partial charge >= 0.3 is 0 Å². The summed E-state index contributed by atoms with van der Waals surface area (Å²) in [7, 11) is 0. The van der Waals surface area contributed by atoms with Gasteiger partial charge < -0.3 is 10.2 Å². The predicted octanol–water partition coefficient (Wildman–Crippen LogP) is 4.72. The fraction of sp³-hybridized carbons (Fsp3) is 0.478. The first-order valence-corrected chi connectivity index (χ1v) is 11.2. The minimum Gasteiger partial charge on any atom is -0.347 e. The predicted molar refractivity (Wildman–Crippen MR) is 112 cm³/mol. The Bertz CT molecular complexity index is 816. The first-order chi connectivity index (χ1) is 13.6. The maximum absolute atomic E-state index is 13.2. The largest absolute Gasteiger partial charge is 0.347 e. The van der Waals surface area contributed by atoms with Crippen molar-refractivity contribution in [3.05, 3.63) is 57.8 Å². The highest BCUT2D eigenvalue weighted by Crippen LogP contribution is 2.39. The number of benzene rings is 1. The molecule has 2 fully saturated rings. The third-order valence-electron chi connectivity index (χ3n) is 6.40. The average Bonchev–Trinajstić information content (AvgIpc) is 3.27. The van der Waals surface area contributed by atoms with Crippen LogP contribution in [0.4, 0.5) is 0 Å². The number of nitrogens with zero attached hydrogens (tertiary/aromatic N) is 1. The molecule has 0 unspecified atom stereocenters. The molecule has 148 valence electrons. The Balaban J connectivity index is 1.39. The molecule has 3 atom stereocenters. The summed E-state index contributed by atoms with van der Waals surface area (Å²) in [6, 6.07) is 11.8. The molecule has 1 N–H and O–H groups in total. The third kappa shape index (κ3) is 4.00. The zero-order valence-electron chi connectivity index (χ0n) is 16.4. The summed E-state index contributed by atoms with van der Waals surface area (Å²) in [5.74, 6) is 1.50. The molecule has 1 saturated heterocycles. The fourth-order valence-corrected chi connectivity index (χ4v) is 5.41. The molecule has 0 bridgehead atoms. The quantitative estimate of drug-likeness (QED) is 0.813. The van der Waals surface area contributed by atoms with Crippen LogP contribution in [0.5, 0.6) is 0 Å². The molecule has 1 saturated carbocycles. The zero-order chi connectivity index (χ0) is 19.5. The van der Waals surface area contributed by atoms with Crippen LogP contribution in [-0.4, -0.2) is 29.3 Å². The Kier molecular flexibility index (Phi) is 5.81. The molecule has 1 aromatic carbocycles. The lowest BCUT2D eigenvalue weighted by Gasteiger charge is -2.47. The van der Waals surface area contributed by atoms with E-state index in [2.05, 4.69) is 17.1 Å².